The normalized spacial score (nSPS) is 22.7. The molecule has 2 aromatic heterocycles. The molecule has 2 heterocycles. The van der Waals surface area contributed by atoms with E-state index in [9.17, 15) is 9.67 Å². The predicted molar refractivity (Wildman–Crippen MR) is 102 cm³/mol. The number of nitrogen functional groups attached to an aromatic ring is 1. The molecule has 0 saturated heterocycles. The van der Waals surface area contributed by atoms with Crippen LogP contribution >= 0.6 is 7.60 Å². The van der Waals surface area contributed by atoms with E-state index in [1.54, 1.807) is 20.2 Å². The second kappa shape index (κ2) is 8.06. The van der Waals surface area contributed by atoms with Crippen molar-refractivity contribution in [3.8, 4) is 0 Å². The SMILES string of the molecule is CCOP(=O)(CC[C@]1(CO)C=C[C@H](n2cnc3c(N)ncnc32)C1)OCC. The summed E-state index contributed by atoms with van der Waals surface area (Å²) in [5.41, 5.74) is 6.57. The molecule has 3 rings (SSSR count). The first-order valence-corrected chi connectivity index (χ1v) is 10.8. The zero-order valence-electron chi connectivity index (χ0n) is 15.6. The average Bonchev–Trinajstić information content (AvgIpc) is 3.26. The molecule has 0 radical (unpaired) electrons. The minimum absolute atomic E-state index is 0.0324. The Hall–Kier alpha value is -1.80. The highest BCUT2D eigenvalue weighted by molar-refractivity contribution is 7.53. The van der Waals surface area contributed by atoms with Crippen LogP contribution in [0.1, 0.15) is 32.7 Å². The fourth-order valence-electron chi connectivity index (χ4n) is 3.47. The molecule has 0 aliphatic heterocycles. The zero-order chi connectivity index (χ0) is 19.5. The number of anilines is 1. The summed E-state index contributed by atoms with van der Waals surface area (Å²) in [4.78, 5) is 12.5. The Bertz CT molecular complexity index is 860. The van der Waals surface area contributed by atoms with Crippen molar-refractivity contribution in [2.45, 2.75) is 32.7 Å². The second-order valence-corrected chi connectivity index (χ2v) is 8.84. The topological polar surface area (TPSA) is 125 Å². The molecule has 0 amide bonds. The van der Waals surface area contributed by atoms with Gasteiger partial charge in [0.2, 0.25) is 0 Å². The van der Waals surface area contributed by atoms with Gasteiger partial charge in [0.05, 0.1) is 38.4 Å². The minimum atomic E-state index is -3.15. The molecule has 2 aromatic rings. The number of rotatable bonds is 9. The number of fused-ring (bicyclic) bond motifs is 1. The van der Waals surface area contributed by atoms with Crippen molar-refractivity contribution in [2.24, 2.45) is 5.41 Å². The summed E-state index contributed by atoms with van der Waals surface area (Å²) in [7, 11) is -3.15. The number of hydrogen-bond acceptors (Lipinski definition) is 8. The summed E-state index contributed by atoms with van der Waals surface area (Å²) in [5.74, 6) is 0.337. The molecular weight excluding hydrogens is 369 g/mol. The number of aliphatic hydroxyl groups excluding tert-OH is 1. The number of aromatic nitrogens is 4. The smallest absolute Gasteiger partial charge is 0.330 e. The van der Waals surface area contributed by atoms with Gasteiger partial charge in [0.15, 0.2) is 11.5 Å². The van der Waals surface area contributed by atoms with E-state index in [4.69, 9.17) is 14.8 Å². The summed E-state index contributed by atoms with van der Waals surface area (Å²) in [6, 6.07) is -0.0324. The highest BCUT2D eigenvalue weighted by Gasteiger charge is 2.38. The van der Waals surface area contributed by atoms with Crippen LogP contribution in [0.3, 0.4) is 0 Å². The summed E-state index contributed by atoms with van der Waals surface area (Å²) in [6.07, 6.45) is 8.48. The molecule has 1 aliphatic rings. The third-order valence-corrected chi connectivity index (χ3v) is 6.96. The van der Waals surface area contributed by atoms with Crippen LogP contribution in [0.2, 0.25) is 0 Å². The van der Waals surface area contributed by atoms with Gasteiger partial charge in [-0.3, -0.25) is 4.57 Å². The van der Waals surface area contributed by atoms with Crippen molar-refractivity contribution >= 4 is 24.6 Å². The molecule has 0 saturated carbocycles. The van der Waals surface area contributed by atoms with Crippen molar-refractivity contribution in [2.75, 3.05) is 31.7 Å². The Morgan fingerprint density at radius 3 is 2.74 bits per heavy atom. The van der Waals surface area contributed by atoms with Crippen molar-refractivity contribution < 1.29 is 18.7 Å². The van der Waals surface area contributed by atoms with E-state index in [1.807, 2.05) is 16.7 Å². The van der Waals surface area contributed by atoms with Crippen LogP contribution in [0.5, 0.6) is 0 Å². The van der Waals surface area contributed by atoms with Gasteiger partial charge < -0.3 is 24.5 Å². The first kappa shape index (κ1) is 19.9. The minimum Gasteiger partial charge on any atom is -0.395 e. The first-order valence-electron chi connectivity index (χ1n) is 9.07. The first-order chi connectivity index (χ1) is 13.0. The number of hydrogen-bond donors (Lipinski definition) is 2. The van der Waals surface area contributed by atoms with Crippen molar-refractivity contribution in [1.29, 1.82) is 0 Å². The molecule has 2 atom stereocenters. The van der Waals surface area contributed by atoms with Gasteiger partial charge in [-0.1, -0.05) is 12.2 Å². The fraction of sp³-hybridized carbons (Fsp3) is 0.588. The maximum atomic E-state index is 12.8. The highest BCUT2D eigenvalue weighted by atomic mass is 31.2. The van der Waals surface area contributed by atoms with E-state index >= 15 is 0 Å². The lowest BCUT2D eigenvalue weighted by Gasteiger charge is -2.28. The van der Waals surface area contributed by atoms with E-state index in [2.05, 4.69) is 15.0 Å². The van der Waals surface area contributed by atoms with Crippen molar-refractivity contribution in [3.05, 3.63) is 24.8 Å². The summed E-state index contributed by atoms with van der Waals surface area (Å²) in [6.45, 7) is 4.17. The van der Waals surface area contributed by atoms with Crippen molar-refractivity contribution in [1.82, 2.24) is 19.5 Å². The number of nitrogens with two attached hydrogens (primary N) is 1. The standard InChI is InChI=1S/C17H26N5O4P/c1-3-25-27(24,26-4-2)8-7-17(10-23)6-5-13(9-17)22-12-21-14-15(18)19-11-20-16(14)22/h5-6,11-13,23H,3-4,7-10H2,1-2H3,(H2,18,19,20)/t13-,17+/m0/s1. The lowest BCUT2D eigenvalue weighted by Crippen LogP contribution is -2.24. The zero-order valence-corrected chi connectivity index (χ0v) is 16.5. The molecule has 9 nitrogen and oxygen atoms in total. The van der Waals surface area contributed by atoms with E-state index in [0.29, 0.717) is 43.0 Å². The van der Waals surface area contributed by atoms with Gasteiger partial charge in [0.1, 0.15) is 11.8 Å². The van der Waals surface area contributed by atoms with Crippen LogP contribution in [0.25, 0.3) is 11.2 Å². The van der Waals surface area contributed by atoms with Crippen LogP contribution in [0.15, 0.2) is 24.8 Å². The van der Waals surface area contributed by atoms with Gasteiger partial charge >= 0.3 is 7.60 Å². The monoisotopic (exact) mass is 395 g/mol. The number of allylic oxidation sites excluding steroid dienone is 1. The van der Waals surface area contributed by atoms with Gasteiger partial charge in [-0.25, -0.2) is 15.0 Å². The maximum Gasteiger partial charge on any atom is 0.330 e. The maximum absolute atomic E-state index is 12.8. The lowest BCUT2D eigenvalue weighted by molar-refractivity contribution is 0.150. The van der Waals surface area contributed by atoms with Crippen LogP contribution in [-0.2, 0) is 13.6 Å². The number of imidazole rings is 1. The Balaban J connectivity index is 1.76. The van der Waals surface area contributed by atoms with Crippen LogP contribution in [0.4, 0.5) is 5.82 Å². The summed E-state index contributed by atoms with van der Waals surface area (Å²) < 4.78 is 25.4. The van der Waals surface area contributed by atoms with E-state index in [1.165, 1.54) is 6.33 Å². The molecule has 0 fully saturated rings. The Morgan fingerprint density at radius 1 is 1.33 bits per heavy atom. The third kappa shape index (κ3) is 4.06. The molecule has 0 aromatic carbocycles. The Kier molecular flexibility index (Phi) is 5.95. The van der Waals surface area contributed by atoms with Crippen molar-refractivity contribution in [3.63, 3.8) is 0 Å². The van der Waals surface area contributed by atoms with Crippen LogP contribution in [-0.4, -0.2) is 50.6 Å². The number of nitrogens with zero attached hydrogens (tertiary/aromatic N) is 4. The summed E-state index contributed by atoms with van der Waals surface area (Å²) >= 11 is 0. The molecule has 0 spiro atoms. The van der Waals surface area contributed by atoms with Gasteiger partial charge in [-0.05, 0) is 26.7 Å². The molecule has 1 aliphatic carbocycles. The second-order valence-electron chi connectivity index (χ2n) is 6.65. The predicted octanol–water partition coefficient (Wildman–Crippen LogP) is 2.54. The lowest BCUT2D eigenvalue weighted by atomic mass is 9.85. The van der Waals surface area contributed by atoms with E-state index in [0.717, 1.165) is 0 Å². The Morgan fingerprint density at radius 2 is 2.07 bits per heavy atom. The Labute approximate surface area is 158 Å². The van der Waals surface area contributed by atoms with Gasteiger partial charge in [0, 0.05) is 5.41 Å². The largest absolute Gasteiger partial charge is 0.395 e. The van der Waals surface area contributed by atoms with E-state index < -0.39 is 13.0 Å². The van der Waals surface area contributed by atoms with Gasteiger partial charge in [-0.2, -0.15) is 0 Å². The average molecular weight is 395 g/mol. The molecular formula is C17H26N5O4P. The quantitative estimate of drug-likeness (QED) is 0.490. The van der Waals surface area contributed by atoms with E-state index in [-0.39, 0.29) is 18.8 Å². The molecule has 0 bridgehead atoms. The molecule has 0 unspecified atom stereocenters. The van der Waals surface area contributed by atoms with Crippen LogP contribution < -0.4 is 5.73 Å². The molecule has 27 heavy (non-hydrogen) atoms. The number of aliphatic hydroxyl groups is 1. The highest BCUT2D eigenvalue weighted by Crippen LogP contribution is 2.52. The van der Waals surface area contributed by atoms with Gasteiger partial charge in [-0.15, -0.1) is 0 Å². The fourth-order valence-corrected chi connectivity index (χ4v) is 5.31. The third-order valence-electron chi connectivity index (χ3n) is 4.88. The van der Waals surface area contributed by atoms with Crippen LogP contribution in [0, 0.1) is 5.41 Å². The molecule has 148 valence electrons. The molecule has 3 N–H and O–H groups in total. The molecule has 10 heteroatoms. The summed E-state index contributed by atoms with van der Waals surface area (Å²) in [5, 5.41) is 10.1. The van der Waals surface area contributed by atoms with Gasteiger partial charge in [0.25, 0.3) is 0 Å².